The van der Waals surface area contributed by atoms with E-state index in [9.17, 15) is 5.26 Å². The van der Waals surface area contributed by atoms with Gasteiger partial charge in [0.15, 0.2) is 0 Å². The third kappa shape index (κ3) is 3.71. The lowest BCUT2D eigenvalue weighted by Crippen LogP contribution is -2.42. The van der Waals surface area contributed by atoms with Gasteiger partial charge in [0.2, 0.25) is 0 Å². The summed E-state index contributed by atoms with van der Waals surface area (Å²) >= 11 is 0. The number of pyridine rings is 1. The summed E-state index contributed by atoms with van der Waals surface area (Å²) in [5, 5.41) is 13.5. The first-order valence-corrected chi connectivity index (χ1v) is 7.23. The van der Waals surface area contributed by atoms with E-state index in [2.05, 4.69) is 16.4 Å². The summed E-state index contributed by atoms with van der Waals surface area (Å²) in [6.45, 7) is 7.10. The minimum Gasteiger partial charge on any atom is -0.491 e. The summed E-state index contributed by atoms with van der Waals surface area (Å²) in [7, 11) is 0. The largest absolute Gasteiger partial charge is 0.491 e. The number of nitriles is 1. The molecule has 1 heterocycles. The van der Waals surface area contributed by atoms with E-state index >= 15 is 0 Å². The number of nitrogens with one attached hydrogen (secondary N) is 1. The number of fused-ring (bicyclic) bond motifs is 1. The number of nitrogens with zero attached hydrogens (tertiary/aromatic N) is 2. The molecule has 0 amide bonds. The molecule has 1 unspecified atom stereocenters. The van der Waals surface area contributed by atoms with Gasteiger partial charge >= 0.3 is 0 Å². The van der Waals surface area contributed by atoms with Crippen LogP contribution in [0.25, 0.3) is 10.9 Å². The van der Waals surface area contributed by atoms with Gasteiger partial charge in [0.25, 0.3) is 0 Å². The molecule has 1 atom stereocenters. The average molecular weight is 283 g/mol. The molecule has 2 aromatic rings. The number of aromatic nitrogens is 1. The van der Waals surface area contributed by atoms with Crippen LogP contribution in [0.15, 0.2) is 30.3 Å². The van der Waals surface area contributed by atoms with E-state index in [4.69, 9.17) is 4.74 Å². The Bertz CT molecular complexity index is 663. The highest BCUT2D eigenvalue weighted by Crippen LogP contribution is 2.24. The Labute approximate surface area is 125 Å². The summed E-state index contributed by atoms with van der Waals surface area (Å²) < 4.78 is 5.86. The molecule has 0 fully saturated rings. The number of hydrogen-bond donors (Lipinski definition) is 1. The molecular formula is C17H21N3O. The number of benzene rings is 1. The number of hydrogen-bond acceptors (Lipinski definition) is 4. The summed E-state index contributed by atoms with van der Waals surface area (Å²) in [6, 6.07) is 12.2. The molecule has 0 aliphatic heterocycles. The van der Waals surface area contributed by atoms with Gasteiger partial charge < -0.3 is 4.74 Å². The first-order chi connectivity index (χ1) is 10.1. The molecule has 0 saturated carbocycles. The quantitative estimate of drug-likeness (QED) is 0.884. The van der Waals surface area contributed by atoms with Crippen LogP contribution in [-0.4, -0.2) is 23.7 Å². The molecule has 0 aliphatic carbocycles. The van der Waals surface area contributed by atoms with Crippen molar-refractivity contribution < 1.29 is 4.74 Å². The fourth-order valence-electron chi connectivity index (χ4n) is 2.27. The van der Waals surface area contributed by atoms with Crippen LogP contribution < -0.4 is 10.1 Å². The van der Waals surface area contributed by atoms with Gasteiger partial charge in [-0.05, 0) is 32.5 Å². The molecule has 110 valence electrons. The van der Waals surface area contributed by atoms with Crippen molar-refractivity contribution in [2.45, 2.75) is 32.7 Å². The lowest BCUT2D eigenvalue weighted by Gasteiger charge is -2.22. The lowest BCUT2D eigenvalue weighted by atomic mass is 10.0. The molecular weight excluding hydrogens is 262 g/mol. The van der Waals surface area contributed by atoms with Gasteiger partial charge in [-0.1, -0.05) is 25.1 Å². The maximum Gasteiger partial charge on any atom is 0.145 e. The Morgan fingerprint density at radius 3 is 2.86 bits per heavy atom. The lowest BCUT2D eigenvalue weighted by molar-refractivity contribution is 0.271. The molecule has 1 aromatic heterocycles. The number of ether oxygens (including phenoxy) is 1. The minimum absolute atomic E-state index is 0.478. The van der Waals surface area contributed by atoms with Gasteiger partial charge in [-0.2, -0.15) is 5.26 Å². The van der Waals surface area contributed by atoms with E-state index in [1.54, 1.807) is 0 Å². The van der Waals surface area contributed by atoms with Crippen LogP contribution in [0.1, 0.15) is 26.0 Å². The van der Waals surface area contributed by atoms with E-state index in [0.29, 0.717) is 13.0 Å². The van der Waals surface area contributed by atoms with Crippen molar-refractivity contribution in [3.63, 3.8) is 0 Å². The molecule has 21 heavy (non-hydrogen) atoms. The zero-order chi connectivity index (χ0) is 15.3. The van der Waals surface area contributed by atoms with E-state index in [0.717, 1.165) is 28.9 Å². The van der Waals surface area contributed by atoms with Crippen LogP contribution in [0.2, 0.25) is 0 Å². The molecule has 1 aromatic carbocycles. The highest BCUT2D eigenvalue weighted by atomic mass is 16.5. The van der Waals surface area contributed by atoms with Crippen molar-refractivity contribution in [3.8, 4) is 11.8 Å². The van der Waals surface area contributed by atoms with Crippen molar-refractivity contribution in [2.75, 3.05) is 13.2 Å². The zero-order valence-electron chi connectivity index (χ0n) is 12.8. The van der Waals surface area contributed by atoms with Crippen molar-refractivity contribution in [2.24, 2.45) is 0 Å². The first-order valence-electron chi connectivity index (χ1n) is 7.23. The minimum atomic E-state index is -0.553. The molecule has 0 aliphatic rings. The Morgan fingerprint density at radius 1 is 1.33 bits per heavy atom. The normalized spacial score (nSPS) is 13.6. The maximum atomic E-state index is 9.24. The Morgan fingerprint density at radius 2 is 2.14 bits per heavy atom. The highest BCUT2D eigenvalue weighted by Gasteiger charge is 2.22. The number of para-hydroxylation sites is 1. The van der Waals surface area contributed by atoms with Gasteiger partial charge in [-0.3, -0.25) is 5.32 Å². The summed E-state index contributed by atoms with van der Waals surface area (Å²) in [4.78, 5) is 4.54. The van der Waals surface area contributed by atoms with Crippen LogP contribution in [0.3, 0.4) is 0 Å². The zero-order valence-corrected chi connectivity index (χ0v) is 12.8. The SMILES string of the molecule is CCNC(C)(C#N)CCOc1cccc2ccc(C)nc12. The predicted octanol–water partition coefficient (Wildman–Crippen LogP) is 3.20. The van der Waals surface area contributed by atoms with Gasteiger partial charge in [0, 0.05) is 17.5 Å². The molecule has 4 heteroatoms. The molecule has 2 rings (SSSR count). The maximum absolute atomic E-state index is 9.24. The Balaban J connectivity index is 2.11. The van der Waals surface area contributed by atoms with Gasteiger partial charge in [-0.25, -0.2) is 4.98 Å². The standard InChI is InChI=1S/C17H21N3O/c1-4-19-17(3,12-18)10-11-21-15-7-5-6-14-9-8-13(2)20-16(14)15/h5-9,19H,4,10-11H2,1-3H3. The summed E-state index contributed by atoms with van der Waals surface area (Å²) in [6.07, 6.45) is 0.625. The molecule has 0 spiro atoms. The molecule has 0 bridgehead atoms. The molecule has 1 N–H and O–H groups in total. The van der Waals surface area contributed by atoms with Crippen LogP contribution in [0.5, 0.6) is 5.75 Å². The van der Waals surface area contributed by atoms with Crippen molar-refractivity contribution in [1.29, 1.82) is 5.26 Å². The highest BCUT2D eigenvalue weighted by molar-refractivity contribution is 5.84. The third-order valence-electron chi connectivity index (χ3n) is 3.50. The van der Waals surface area contributed by atoms with E-state index in [1.807, 2.05) is 51.1 Å². The van der Waals surface area contributed by atoms with Gasteiger partial charge in [0.05, 0.1) is 12.7 Å². The number of aryl methyl sites for hydroxylation is 1. The van der Waals surface area contributed by atoms with Crippen molar-refractivity contribution in [1.82, 2.24) is 10.3 Å². The second kappa shape index (κ2) is 6.55. The smallest absolute Gasteiger partial charge is 0.145 e. The summed E-state index contributed by atoms with van der Waals surface area (Å²) in [5.74, 6) is 0.771. The molecule has 0 saturated heterocycles. The second-order valence-corrected chi connectivity index (χ2v) is 5.35. The van der Waals surface area contributed by atoms with Crippen molar-refractivity contribution in [3.05, 3.63) is 36.0 Å². The second-order valence-electron chi connectivity index (χ2n) is 5.35. The topological polar surface area (TPSA) is 57.9 Å². The van der Waals surface area contributed by atoms with Gasteiger partial charge in [0.1, 0.15) is 16.8 Å². The fourth-order valence-corrected chi connectivity index (χ4v) is 2.27. The molecule has 0 radical (unpaired) electrons. The van der Waals surface area contributed by atoms with Crippen LogP contribution >= 0.6 is 0 Å². The third-order valence-corrected chi connectivity index (χ3v) is 3.50. The molecule has 4 nitrogen and oxygen atoms in total. The predicted molar refractivity (Wildman–Crippen MR) is 84.3 cm³/mol. The van der Waals surface area contributed by atoms with E-state index < -0.39 is 5.54 Å². The van der Waals surface area contributed by atoms with Crippen LogP contribution in [-0.2, 0) is 0 Å². The fraction of sp³-hybridized carbons (Fsp3) is 0.412. The van der Waals surface area contributed by atoms with Crippen LogP contribution in [0, 0.1) is 18.3 Å². The van der Waals surface area contributed by atoms with Crippen LogP contribution in [0.4, 0.5) is 0 Å². The summed E-state index contributed by atoms with van der Waals surface area (Å²) in [5.41, 5.74) is 1.29. The Hall–Kier alpha value is -2.12. The first kappa shape index (κ1) is 15.3. The monoisotopic (exact) mass is 283 g/mol. The Kier molecular flexibility index (Phi) is 4.77. The van der Waals surface area contributed by atoms with E-state index in [1.165, 1.54) is 0 Å². The van der Waals surface area contributed by atoms with Gasteiger partial charge in [-0.15, -0.1) is 0 Å². The van der Waals surface area contributed by atoms with E-state index in [-0.39, 0.29) is 0 Å². The number of rotatable bonds is 6. The van der Waals surface area contributed by atoms with Crippen molar-refractivity contribution >= 4 is 10.9 Å². The average Bonchev–Trinajstić information content (AvgIpc) is 2.48.